The van der Waals surface area contributed by atoms with Gasteiger partial charge in [-0.1, -0.05) is 13.8 Å². The summed E-state index contributed by atoms with van der Waals surface area (Å²) in [6, 6.07) is 2.82. The molecule has 1 atom stereocenters. The van der Waals surface area contributed by atoms with Crippen molar-refractivity contribution in [3.8, 4) is 17.0 Å². The van der Waals surface area contributed by atoms with E-state index in [1.165, 1.54) is 80.1 Å². The van der Waals surface area contributed by atoms with E-state index in [9.17, 15) is 0 Å². The normalized spacial score (nSPS) is 26.9. The van der Waals surface area contributed by atoms with E-state index in [0.29, 0.717) is 17.3 Å². The number of nitrogens with one attached hydrogen (secondary N) is 2. The second-order valence-corrected chi connectivity index (χ2v) is 12.8. The van der Waals surface area contributed by atoms with Gasteiger partial charge in [0.05, 0.1) is 17.8 Å². The Hall–Kier alpha value is -2.49. The maximum atomic E-state index is 5.62. The van der Waals surface area contributed by atoms with Crippen LogP contribution in [0.4, 0.5) is 0 Å². The number of aromatic nitrogens is 5. The highest BCUT2D eigenvalue weighted by molar-refractivity contribution is 7.18. The van der Waals surface area contributed by atoms with Crippen LogP contribution in [0.15, 0.2) is 18.6 Å². The molecule has 4 aromatic heterocycles. The largest absolute Gasteiger partial charge is 0.493 e. The third kappa shape index (κ3) is 3.97. The van der Waals surface area contributed by atoms with Crippen molar-refractivity contribution in [2.24, 2.45) is 5.41 Å². The smallest absolute Gasteiger partial charge is 0.197 e. The summed E-state index contributed by atoms with van der Waals surface area (Å²) in [6.45, 7) is 9.54. The van der Waals surface area contributed by atoms with Crippen molar-refractivity contribution in [3.63, 3.8) is 0 Å². The molecule has 8 nitrogen and oxygen atoms in total. The van der Waals surface area contributed by atoms with Crippen LogP contribution in [0.2, 0.25) is 0 Å². The molecule has 3 aliphatic rings. The monoisotopic (exact) mass is 519 g/mol. The van der Waals surface area contributed by atoms with Gasteiger partial charge in [0.1, 0.15) is 16.7 Å². The molecule has 1 unspecified atom stereocenters. The van der Waals surface area contributed by atoms with E-state index in [4.69, 9.17) is 9.72 Å². The Morgan fingerprint density at radius 1 is 1.19 bits per heavy atom. The molecular formula is C28H37N7OS. The van der Waals surface area contributed by atoms with Gasteiger partial charge in [0.25, 0.3) is 0 Å². The van der Waals surface area contributed by atoms with Gasteiger partial charge >= 0.3 is 0 Å². The van der Waals surface area contributed by atoms with Gasteiger partial charge in [-0.3, -0.25) is 4.90 Å². The fraction of sp³-hybridized carbons (Fsp3) is 0.607. The third-order valence-electron chi connectivity index (χ3n) is 9.20. The Morgan fingerprint density at radius 3 is 2.81 bits per heavy atom. The van der Waals surface area contributed by atoms with Crippen LogP contribution in [-0.4, -0.2) is 68.8 Å². The zero-order valence-electron chi connectivity index (χ0n) is 22.1. The quantitative estimate of drug-likeness (QED) is 0.378. The van der Waals surface area contributed by atoms with Gasteiger partial charge in [-0.2, -0.15) is 5.10 Å². The lowest BCUT2D eigenvalue weighted by Crippen LogP contribution is -2.38. The lowest BCUT2D eigenvalue weighted by atomic mass is 9.84. The van der Waals surface area contributed by atoms with Crippen LogP contribution in [0.25, 0.3) is 27.3 Å². The van der Waals surface area contributed by atoms with E-state index in [0.717, 1.165) is 34.2 Å². The molecule has 0 aromatic carbocycles. The number of hydrogen-bond acceptors (Lipinski definition) is 7. The minimum Gasteiger partial charge on any atom is -0.493 e. The second-order valence-electron chi connectivity index (χ2n) is 11.8. The van der Waals surface area contributed by atoms with Crippen molar-refractivity contribution in [1.82, 2.24) is 34.8 Å². The molecule has 2 aliphatic heterocycles. The molecular weight excluding hydrogens is 482 g/mol. The summed E-state index contributed by atoms with van der Waals surface area (Å²) in [6.07, 6.45) is 11.5. The Morgan fingerprint density at radius 2 is 2.05 bits per heavy atom. The molecule has 1 spiro atoms. The number of hydrogen-bond donors (Lipinski definition) is 2. The summed E-state index contributed by atoms with van der Waals surface area (Å²) < 4.78 is 7.41. The van der Waals surface area contributed by atoms with Crippen LogP contribution in [0.3, 0.4) is 0 Å². The highest BCUT2D eigenvalue weighted by Crippen LogP contribution is 2.44. The summed E-state index contributed by atoms with van der Waals surface area (Å²) in [7, 11) is 1.68. The lowest BCUT2D eigenvalue weighted by Gasteiger charge is -2.35. The zero-order chi connectivity index (χ0) is 25.1. The number of rotatable bonds is 5. The molecule has 196 valence electrons. The molecule has 0 bridgehead atoms. The molecule has 2 N–H and O–H groups in total. The summed E-state index contributed by atoms with van der Waals surface area (Å²) in [4.78, 5) is 17.3. The predicted octanol–water partition coefficient (Wildman–Crippen LogP) is 5.18. The van der Waals surface area contributed by atoms with E-state index in [-0.39, 0.29) is 0 Å². The van der Waals surface area contributed by atoms with Gasteiger partial charge in [-0.25, -0.2) is 14.5 Å². The maximum Gasteiger partial charge on any atom is 0.197 e. The van der Waals surface area contributed by atoms with Crippen LogP contribution >= 0.6 is 11.3 Å². The molecule has 37 heavy (non-hydrogen) atoms. The summed E-state index contributed by atoms with van der Waals surface area (Å²) >= 11 is 1.86. The molecule has 9 heteroatoms. The zero-order valence-corrected chi connectivity index (χ0v) is 22.9. The Bertz CT molecular complexity index is 1420. The van der Waals surface area contributed by atoms with Crippen LogP contribution in [-0.2, 0) is 0 Å². The number of nitrogens with zero attached hydrogens (tertiary/aromatic N) is 5. The first-order valence-electron chi connectivity index (χ1n) is 13.9. The Labute approximate surface area is 221 Å². The molecule has 3 fully saturated rings. The highest BCUT2D eigenvalue weighted by Gasteiger charge is 2.43. The molecule has 1 aliphatic carbocycles. The predicted molar refractivity (Wildman–Crippen MR) is 148 cm³/mol. The van der Waals surface area contributed by atoms with Crippen molar-refractivity contribution in [2.45, 2.75) is 70.3 Å². The molecule has 6 heterocycles. The number of thiazole rings is 1. The van der Waals surface area contributed by atoms with Crippen molar-refractivity contribution in [1.29, 1.82) is 0 Å². The Kier molecular flexibility index (Phi) is 5.78. The van der Waals surface area contributed by atoms with Gasteiger partial charge in [0, 0.05) is 42.4 Å². The third-order valence-corrected chi connectivity index (χ3v) is 10.3. The number of fused-ring (bicyclic) bond motifs is 2. The number of methoxy groups -OCH3 is 1. The molecule has 2 saturated heterocycles. The number of pyridine rings is 1. The van der Waals surface area contributed by atoms with Crippen molar-refractivity contribution < 1.29 is 4.74 Å². The fourth-order valence-electron chi connectivity index (χ4n) is 7.16. The van der Waals surface area contributed by atoms with Gasteiger partial charge < -0.3 is 15.0 Å². The van der Waals surface area contributed by atoms with Gasteiger partial charge in [0.2, 0.25) is 0 Å². The van der Waals surface area contributed by atoms with Crippen LogP contribution in [0, 0.1) is 5.41 Å². The minimum absolute atomic E-state index is 0.347. The fourth-order valence-corrected chi connectivity index (χ4v) is 8.32. The van der Waals surface area contributed by atoms with Crippen molar-refractivity contribution >= 4 is 27.3 Å². The van der Waals surface area contributed by atoms with Crippen LogP contribution < -0.4 is 10.1 Å². The van der Waals surface area contributed by atoms with Crippen molar-refractivity contribution in [2.75, 3.05) is 33.3 Å². The average Bonchev–Trinajstić information content (AvgIpc) is 3.72. The number of H-pyrrole nitrogens is 1. The summed E-state index contributed by atoms with van der Waals surface area (Å²) in [5.74, 6) is 1.66. The summed E-state index contributed by atoms with van der Waals surface area (Å²) in [5, 5.41) is 9.27. The highest BCUT2D eigenvalue weighted by atomic mass is 32.1. The topological polar surface area (TPSA) is 83.4 Å². The standard InChI is InChI=1S/C28H37N7OS/c1-17(2)22-23(19-12-21(36-3)25-30-16-31-35(25)13-19)32-27-24(22)33-26(37-27)18-4-6-20(7-5-18)34-11-9-28(15-34)8-10-29-14-28/h12-13,16-18,20,29,32H,4-11,14-15H2,1-3H3. The van der Waals surface area contributed by atoms with Gasteiger partial charge in [-0.15, -0.1) is 11.3 Å². The van der Waals surface area contributed by atoms with E-state index in [2.05, 4.69) is 45.2 Å². The second kappa shape index (κ2) is 9.06. The van der Waals surface area contributed by atoms with Crippen molar-refractivity contribution in [3.05, 3.63) is 29.2 Å². The molecule has 7 rings (SSSR count). The first-order valence-corrected chi connectivity index (χ1v) is 14.7. The molecule has 0 amide bonds. The SMILES string of the molecule is COc1cc(-c2[nH]c3sc(C4CCC(N5CCC6(CCNC6)C5)CC4)nc3c2C(C)C)cn2ncnc12. The van der Waals surface area contributed by atoms with Crippen LogP contribution in [0.5, 0.6) is 5.75 Å². The molecule has 1 saturated carbocycles. The minimum atomic E-state index is 0.347. The first kappa shape index (κ1) is 23.6. The molecule has 4 aromatic rings. The average molecular weight is 520 g/mol. The van der Waals surface area contributed by atoms with E-state index in [1.807, 2.05) is 17.5 Å². The number of ether oxygens (including phenoxy) is 1. The number of likely N-dealkylation sites (tertiary alicyclic amines) is 1. The van der Waals surface area contributed by atoms with E-state index >= 15 is 0 Å². The van der Waals surface area contributed by atoms with E-state index in [1.54, 1.807) is 18.0 Å². The maximum absolute atomic E-state index is 5.62. The van der Waals surface area contributed by atoms with Crippen LogP contribution in [0.1, 0.15) is 74.8 Å². The number of aromatic amines is 1. The Balaban J connectivity index is 1.12. The van der Waals surface area contributed by atoms with E-state index < -0.39 is 0 Å². The molecule has 0 radical (unpaired) electrons. The van der Waals surface area contributed by atoms with Gasteiger partial charge in [0.15, 0.2) is 11.4 Å². The lowest BCUT2D eigenvalue weighted by molar-refractivity contribution is 0.162. The first-order chi connectivity index (χ1) is 18.0. The van der Waals surface area contributed by atoms with Gasteiger partial charge in [-0.05, 0) is 69.0 Å². The summed E-state index contributed by atoms with van der Waals surface area (Å²) in [5.41, 5.74) is 5.87.